The van der Waals surface area contributed by atoms with Gasteiger partial charge in [-0.05, 0) is 31.0 Å². The molecule has 0 unspecified atom stereocenters. The third-order valence-electron chi connectivity index (χ3n) is 2.61. The van der Waals surface area contributed by atoms with Gasteiger partial charge in [0.15, 0.2) is 0 Å². The van der Waals surface area contributed by atoms with Gasteiger partial charge in [0.1, 0.15) is 5.75 Å². The summed E-state index contributed by atoms with van der Waals surface area (Å²) in [5.41, 5.74) is -0.0122. The summed E-state index contributed by atoms with van der Waals surface area (Å²) in [5.74, 6) is -3.02. The number of ether oxygens (including phenoxy) is 1. The maximum absolute atomic E-state index is 13.9. The van der Waals surface area contributed by atoms with Gasteiger partial charge in [0.2, 0.25) is 0 Å². The van der Waals surface area contributed by atoms with Crippen LogP contribution >= 0.6 is 15.9 Å². The summed E-state index contributed by atoms with van der Waals surface area (Å²) >= 11 is 3.20. The lowest BCUT2D eigenvalue weighted by molar-refractivity contribution is -0.0305. The minimum absolute atomic E-state index is 0.0122. The summed E-state index contributed by atoms with van der Waals surface area (Å²) in [7, 11) is 1.41. The summed E-state index contributed by atoms with van der Waals surface area (Å²) in [6, 6.07) is 4.71. The first-order chi connectivity index (χ1) is 7.05. The van der Waals surface area contributed by atoms with E-state index >= 15 is 0 Å². The van der Waals surface area contributed by atoms with Crippen LogP contribution in [0.25, 0.3) is 0 Å². The molecule has 1 aliphatic rings. The molecule has 0 radical (unpaired) electrons. The Labute approximate surface area is 95.6 Å². The molecule has 0 N–H and O–H groups in total. The molecule has 1 aromatic carbocycles. The van der Waals surface area contributed by atoms with Crippen LogP contribution < -0.4 is 4.74 Å². The second-order valence-electron chi connectivity index (χ2n) is 3.74. The smallest absolute Gasteiger partial charge is 0.279 e. The molecule has 0 aliphatic heterocycles. The normalized spacial score (nSPS) is 16.5. The van der Waals surface area contributed by atoms with E-state index in [1.165, 1.54) is 13.2 Å². The molecule has 0 amide bonds. The van der Waals surface area contributed by atoms with E-state index in [4.69, 9.17) is 4.74 Å². The molecule has 1 nitrogen and oxygen atoms in total. The van der Waals surface area contributed by atoms with Gasteiger partial charge in [-0.3, -0.25) is 0 Å². The lowest BCUT2D eigenvalue weighted by Gasteiger charge is -2.19. The molecule has 0 spiro atoms. The van der Waals surface area contributed by atoms with E-state index in [-0.39, 0.29) is 11.3 Å². The largest absolute Gasteiger partial charge is 0.496 e. The highest BCUT2D eigenvalue weighted by atomic mass is 79.9. The van der Waals surface area contributed by atoms with E-state index in [0.29, 0.717) is 17.3 Å². The molecule has 0 saturated heterocycles. The van der Waals surface area contributed by atoms with Crippen LogP contribution in [0.5, 0.6) is 5.75 Å². The molecule has 1 fully saturated rings. The fraction of sp³-hybridized carbons (Fsp3) is 0.455. The molecule has 1 saturated carbocycles. The Hall–Kier alpha value is -0.640. The number of alkyl halides is 2. The van der Waals surface area contributed by atoms with Crippen molar-refractivity contribution in [2.24, 2.45) is 5.92 Å². The number of benzene rings is 1. The third kappa shape index (κ3) is 2.00. The molecule has 15 heavy (non-hydrogen) atoms. The van der Waals surface area contributed by atoms with Crippen molar-refractivity contribution in [3.8, 4) is 5.75 Å². The van der Waals surface area contributed by atoms with Crippen LogP contribution in [0, 0.1) is 5.92 Å². The highest BCUT2D eigenvalue weighted by molar-refractivity contribution is 9.10. The van der Waals surface area contributed by atoms with Crippen molar-refractivity contribution in [3.05, 3.63) is 28.2 Å². The number of methoxy groups -OCH3 is 1. The third-order valence-corrected chi connectivity index (χ3v) is 3.10. The van der Waals surface area contributed by atoms with Crippen LogP contribution in [0.2, 0.25) is 0 Å². The number of hydrogen-bond acceptors (Lipinski definition) is 1. The summed E-state index contributed by atoms with van der Waals surface area (Å²) in [5, 5.41) is 0. The molecule has 1 aliphatic carbocycles. The predicted octanol–water partition coefficient (Wildman–Crippen LogP) is 3.96. The Kier molecular flexibility index (Phi) is 2.71. The molecule has 0 atom stereocenters. The van der Waals surface area contributed by atoms with E-state index < -0.39 is 11.8 Å². The fourth-order valence-electron chi connectivity index (χ4n) is 1.61. The van der Waals surface area contributed by atoms with Gasteiger partial charge in [-0.25, -0.2) is 8.78 Å². The maximum Gasteiger partial charge on any atom is 0.279 e. The molecular weight excluding hydrogens is 266 g/mol. The van der Waals surface area contributed by atoms with Crippen LogP contribution in [0.3, 0.4) is 0 Å². The summed E-state index contributed by atoms with van der Waals surface area (Å²) in [6.07, 6.45) is 1.20. The van der Waals surface area contributed by atoms with Crippen LogP contribution in [0.15, 0.2) is 22.7 Å². The monoisotopic (exact) mass is 276 g/mol. The highest BCUT2D eigenvalue weighted by Crippen LogP contribution is 2.52. The Balaban J connectivity index is 2.44. The van der Waals surface area contributed by atoms with Gasteiger partial charge in [0.25, 0.3) is 5.92 Å². The summed E-state index contributed by atoms with van der Waals surface area (Å²) < 4.78 is 33.4. The predicted molar refractivity (Wildman–Crippen MR) is 57.3 cm³/mol. The van der Waals surface area contributed by atoms with Crippen molar-refractivity contribution in [2.75, 3.05) is 7.11 Å². The Morgan fingerprint density at radius 2 is 2.07 bits per heavy atom. The standard InChI is InChI=1S/C11H11BrF2O/c1-15-10-5-4-8(12)6-9(10)11(13,14)7-2-3-7/h4-7H,2-3H2,1H3. The molecular formula is C11H11BrF2O. The van der Waals surface area contributed by atoms with E-state index in [1.54, 1.807) is 12.1 Å². The van der Waals surface area contributed by atoms with Crippen LogP contribution in [-0.2, 0) is 5.92 Å². The van der Waals surface area contributed by atoms with Crippen LogP contribution in [-0.4, -0.2) is 7.11 Å². The van der Waals surface area contributed by atoms with Gasteiger partial charge in [0.05, 0.1) is 12.7 Å². The Bertz CT molecular complexity index is 375. The second-order valence-corrected chi connectivity index (χ2v) is 4.66. The zero-order chi connectivity index (χ0) is 11.1. The molecule has 1 aromatic rings. The SMILES string of the molecule is COc1ccc(Br)cc1C(F)(F)C1CC1. The van der Waals surface area contributed by atoms with Gasteiger partial charge in [-0.15, -0.1) is 0 Å². The topological polar surface area (TPSA) is 9.23 Å². The lowest BCUT2D eigenvalue weighted by Crippen LogP contribution is -2.17. The average Bonchev–Trinajstić information content (AvgIpc) is 3.01. The van der Waals surface area contributed by atoms with Crippen molar-refractivity contribution >= 4 is 15.9 Å². The zero-order valence-corrected chi connectivity index (χ0v) is 9.85. The van der Waals surface area contributed by atoms with E-state index in [1.807, 2.05) is 0 Å². The van der Waals surface area contributed by atoms with Crippen molar-refractivity contribution in [1.82, 2.24) is 0 Å². The first-order valence-electron chi connectivity index (χ1n) is 4.77. The Morgan fingerprint density at radius 1 is 1.40 bits per heavy atom. The van der Waals surface area contributed by atoms with Crippen LogP contribution in [0.1, 0.15) is 18.4 Å². The fourth-order valence-corrected chi connectivity index (χ4v) is 1.97. The van der Waals surface area contributed by atoms with Gasteiger partial charge in [-0.1, -0.05) is 15.9 Å². The maximum atomic E-state index is 13.9. The molecule has 0 bridgehead atoms. The van der Waals surface area contributed by atoms with Gasteiger partial charge in [0, 0.05) is 10.4 Å². The number of hydrogen-bond donors (Lipinski definition) is 0. The van der Waals surface area contributed by atoms with Crippen LogP contribution in [0.4, 0.5) is 8.78 Å². The lowest BCUT2D eigenvalue weighted by atomic mass is 10.0. The molecule has 2 rings (SSSR count). The van der Waals surface area contributed by atoms with Crippen molar-refractivity contribution in [3.63, 3.8) is 0 Å². The quantitative estimate of drug-likeness (QED) is 0.812. The van der Waals surface area contributed by atoms with Gasteiger partial charge < -0.3 is 4.74 Å². The molecule has 0 heterocycles. The molecule has 0 aromatic heterocycles. The first kappa shape index (κ1) is 10.9. The van der Waals surface area contributed by atoms with Crippen molar-refractivity contribution in [2.45, 2.75) is 18.8 Å². The van der Waals surface area contributed by atoms with Crippen molar-refractivity contribution < 1.29 is 13.5 Å². The number of rotatable bonds is 3. The second kappa shape index (κ2) is 3.74. The summed E-state index contributed by atoms with van der Waals surface area (Å²) in [4.78, 5) is 0. The minimum atomic E-state index is -2.77. The zero-order valence-electron chi connectivity index (χ0n) is 8.27. The first-order valence-corrected chi connectivity index (χ1v) is 5.57. The van der Waals surface area contributed by atoms with E-state index in [0.717, 1.165) is 0 Å². The van der Waals surface area contributed by atoms with E-state index in [2.05, 4.69) is 15.9 Å². The minimum Gasteiger partial charge on any atom is -0.496 e. The Morgan fingerprint density at radius 3 is 2.60 bits per heavy atom. The van der Waals surface area contributed by atoms with E-state index in [9.17, 15) is 8.78 Å². The average molecular weight is 277 g/mol. The van der Waals surface area contributed by atoms with Crippen molar-refractivity contribution in [1.29, 1.82) is 0 Å². The van der Waals surface area contributed by atoms with Gasteiger partial charge >= 0.3 is 0 Å². The van der Waals surface area contributed by atoms with Gasteiger partial charge in [-0.2, -0.15) is 0 Å². The highest BCUT2D eigenvalue weighted by Gasteiger charge is 2.49. The summed E-state index contributed by atoms with van der Waals surface area (Å²) in [6.45, 7) is 0. The number of halogens is 3. The molecule has 4 heteroatoms. The molecule has 82 valence electrons.